The third-order valence-corrected chi connectivity index (χ3v) is 8.37. The Labute approximate surface area is 216 Å². The van der Waals surface area contributed by atoms with Crippen molar-refractivity contribution in [2.75, 3.05) is 11.9 Å². The van der Waals surface area contributed by atoms with Gasteiger partial charge in [0.1, 0.15) is 5.54 Å². The summed E-state index contributed by atoms with van der Waals surface area (Å²) in [5.41, 5.74) is 2.84. The molecule has 5 rings (SSSR count). The number of aliphatic carboxylic acids is 1. The van der Waals surface area contributed by atoms with Crippen molar-refractivity contribution in [1.29, 1.82) is 0 Å². The number of fused-ring (bicyclic) bond motifs is 2. The fourth-order valence-electron chi connectivity index (χ4n) is 6.20. The van der Waals surface area contributed by atoms with Gasteiger partial charge in [0.15, 0.2) is 0 Å². The van der Waals surface area contributed by atoms with Gasteiger partial charge < -0.3 is 15.7 Å². The number of rotatable bonds is 7. The molecule has 3 N–H and O–H groups in total. The molecule has 0 heterocycles. The van der Waals surface area contributed by atoms with E-state index < -0.39 is 11.5 Å². The van der Waals surface area contributed by atoms with Crippen LogP contribution in [0.2, 0.25) is 5.02 Å². The van der Waals surface area contributed by atoms with E-state index in [4.69, 9.17) is 11.6 Å². The van der Waals surface area contributed by atoms with Crippen molar-refractivity contribution in [3.05, 3.63) is 101 Å². The smallest absolute Gasteiger partial charge is 0.329 e. The molecule has 1 unspecified atom stereocenters. The maximum absolute atomic E-state index is 13.5. The molecule has 0 aliphatic heterocycles. The van der Waals surface area contributed by atoms with Gasteiger partial charge in [-0.25, -0.2) is 4.79 Å². The van der Waals surface area contributed by atoms with Crippen molar-refractivity contribution in [2.24, 2.45) is 5.92 Å². The van der Waals surface area contributed by atoms with E-state index >= 15 is 0 Å². The van der Waals surface area contributed by atoms with Gasteiger partial charge in [-0.15, -0.1) is 0 Å². The second kappa shape index (κ2) is 9.98. The number of carboxylic acids is 1. The number of carbonyl (C=O) groups excluding carboxylic acids is 1. The molecule has 0 bridgehead atoms. The van der Waals surface area contributed by atoms with Crippen molar-refractivity contribution in [3.8, 4) is 0 Å². The second-order valence-corrected chi connectivity index (χ2v) is 10.6. The van der Waals surface area contributed by atoms with Crippen molar-refractivity contribution < 1.29 is 14.7 Å². The summed E-state index contributed by atoms with van der Waals surface area (Å²) in [6.07, 6.45) is 3.58. The van der Waals surface area contributed by atoms with Gasteiger partial charge in [-0.05, 0) is 73.4 Å². The number of hydrogen-bond donors (Lipinski definition) is 3. The normalized spacial score (nSPS) is 24.8. The summed E-state index contributed by atoms with van der Waals surface area (Å²) in [6.45, 7) is 0.584. The summed E-state index contributed by atoms with van der Waals surface area (Å²) in [5.74, 6) is -1.01. The highest BCUT2D eigenvalue weighted by Gasteiger charge is 2.55. The number of halogens is 1. The molecule has 1 spiro atoms. The van der Waals surface area contributed by atoms with E-state index in [1.54, 1.807) is 12.1 Å². The van der Waals surface area contributed by atoms with Crippen LogP contribution in [0.15, 0.2) is 78.9 Å². The van der Waals surface area contributed by atoms with Crippen molar-refractivity contribution in [2.45, 2.75) is 49.5 Å². The van der Waals surface area contributed by atoms with E-state index in [-0.39, 0.29) is 17.2 Å². The van der Waals surface area contributed by atoms with Crippen LogP contribution in [0.1, 0.15) is 42.4 Å². The molecule has 1 saturated carbocycles. The molecule has 0 saturated heterocycles. The standard InChI is InChI=1S/C30H31ClN2O3/c31-23-10-6-11-24(20-23)33-30(28(35)36)16-14-29(15-17-30)25-12-5-4-9-22(25)19-26(29)27(34)32-18-13-21-7-2-1-3-8-21/h1-12,20,26,33H,13-19H2,(H,32,34)(H,35,36). The summed E-state index contributed by atoms with van der Waals surface area (Å²) in [6, 6.07) is 25.6. The maximum atomic E-state index is 13.5. The number of hydrogen-bond acceptors (Lipinski definition) is 3. The van der Waals surface area contributed by atoms with Crippen LogP contribution in [-0.4, -0.2) is 29.1 Å². The largest absolute Gasteiger partial charge is 0.480 e. The molecule has 1 fully saturated rings. The summed E-state index contributed by atoms with van der Waals surface area (Å²) in [7, 11) is 0. The quantitative estimate of drug-likeness (QED) is 0.392. The Morgan fingerprint density at radius 2 is 1.64 bits per heavy atom. The molecular formula is C30H31ClN2O3. The van der Waals surface area contributed by atoms with Gasteiger partial charge in [0.25, 0.3) is 0 Å². The average molecular weight is 503 g/mol. The fraction of sp³-hybridized carbons (Fsp3) is 0.333. The first-order valence-electron chi connectivity index (χ1n) is 12.6. The Morgan fingerprint density at radius 3 is 2.36 bits per heavy atom. The SMILES string of the molecule is O=C(NCCc1ccccc1)C1Cc2ccccc2C12CCC(Nc1cccc(Cl)c1)(C(=O)O)CC2. The molecule has 186 valence electrons. The van der Waals surface area contributed by atoms with Crippen LogP contribution in [-0.2, 0) is 27.8 Å². The lowest BCUT2D eigenvalue weighted by Gasteiger charge is -2.46. The third kappa shape index (κ3) is 4.60. The van der Waals surface area contributed by atoms with Crippen LogP contribution in [0.25, 0.3) is 0 Å². The minimum atomic E-state index is -1.10. The topological polar surface area (TPSA) is 78.4 Å². The lowest BCUT2D eigenvalue weighted by atomic mass is 9.60. The fourth-order valence-corrected chi connectivity index (χ4v) is 6.39. The maximum Gasteiger partial charge on any atom is 0.329 e. The molecule has 2 aliphatic rings. The van der Waals surface area contributed by atoms with Crippen LogP contribution >= 0.6 is 11.6 Å². The zero-order valence-corrected chi connectivity index (χ0v) is 20.9. The number of carboxylic acid groups (broad SMARTS) is 1. The Kier molecular flexibility index (Phi) is 6.76. The van der Waals surface area contributed by atoms with Gasteiger partial charge in [0.2, 0.25) is 5.91 Å². The molecule has 2 aliphatic carbocycles. The van der Waals surface area contributed by atoms with Gasteiger partial charge in [0.05, 0.1) is 5.92 Å². The van der Waals surface area contributed by atoms with Crippen LogP contribution in [0, 0.1) is 5.92 Å². The molecular weight excluding hydrogens is 472 g/mol. The summed E-state index contributed by atoms with van der Waals surface area (Å²) >= 11 is 6.15. The lowest BCUT2D eigenvalue weighted by molar-refractivity contribution is -0.144. The number of carbonyl (C=O) groups is 2. The Hall–Kier alpha value is -3.31. The van der Waals surface area contributed by atoms with E-state index in [2.05, 4.69) is 34.9 Å². The number of benzene rings is 3. The molecule has 36 heavy (non-hydrogen) atoms. The highest BCUT2D eigenvalue weighted by atomic mass is 35.5. The molecule has 5 nitrogen and oxygen atoms in total. The van der Waals surface area contributed by atoms with E-state index in [0.29, 0.717) is 49.4 Å². The minimum absolute atomic E-state index is 0.0627. The zero-order valence-electron chi connectivity index (χ0n) is 20.2. The van der Waals surface area contributed by atoms with Crippen molar-refractivity contribution in [1.82, 2.24) is 5.32 Å². The predicted octanol–water partition coefficient (Wildman–Crippen LogP) is 5.62. The first-order valence-corrected chi connectivity index (χ1v) is 13.0. The molecule has 1 amide bonds. The Bertz CT molecular complexity index is 1250. The summed E-state index contributed by atoms with van der Waals surface area (Å²) in [4.78, 5) is 26.1. The van der Waals surface area contributed by atoms with Gasteiger partial charge in [-0.3, -0.25) is 4.79 Å². The van der Waals surface area contributed by atoms with Gasteiger partial charge >= 0.3 is 5.97 Å². The third-order valence-electron chi connectivity index (χ3n) is 8.13. The van der Waals surface area contributed by atoms with Gasteiger partial charge in [-0.1, -0.05) is 72.3 Å². The molecule has 0 radical (unpaired) electrons. The van der Waals surface area contributed by atoms with Gasteiger partial charge in [-0.2, -0.15) is 0 Å². The monoisotopic (exact) mass is 502 g/mol. The number of anilines is 1. The Balaban J connectivity index is 1.36. The van der Waals surface area contributed by atoms with E-state index in [9.17, 15) is 14.7 Å². The molecule has 6 heteroatoms. The van der Waals surface area contributed by atoms with Crippen LogP contribution in [0.5, 0.6) is 0 Å². The molecule has 1 atom stereocenters. The van der Waals surface area contributed by atoms with E-state index in [0.717, 1.165) is 6.42 Å². The highest BCUT2D eigenvalue weighted by Crippen LogP contribution is 2.54. The van der Waals surface area contributed by atoms with Crippen molar-refractivity contribution in [3.63, 3.8) is 0 Å². The minimum Gasteiger partial charge on any atom is -0.480 e. The van der Waals surface area contributed by atoms with Crippen LogP contribution in [0.3, 0.4) is 0 Å². The van der Waals surface area contributed by atoms with Crippen molar-refractivity contribution >= 4 is 29.2 Å². The predicted molar refractivity (Wildman–Crippen MR) is 142 cm³/mol. The number of nitrogens with one attached hydrogen (secondary N) is 2. The number of amides is 1. The highest BCUT2D eigenvalue weighted by molar-refractivity contribution is 6.30. The van der Waals surface area contributed by atoms with Crippen LogP contribution in [0.4, 0.5) is 5.69 Å². The molecule has 3 aromatic rings. The van der Waals surface area contributed by atoms with Gasteiger partial charge in [0, 0.05) is 22.7 Å². The lowest BCUT2D eigenvalue weighted by Crippen LogP contribution is -2.54. The van der Waals surface area contributed by atoms with E-state index in [1.807, 2.05) is 42.5 Å². The first kappa shape index (κ1) is 24.4. The second-order valence-electron chi connectivity index (χ2n) is 10.1. The Morgan fingerprint density at radius 1 is 0.917 bits per heavy atom. The van der Waals surface area contributed by atoms with E-state index in [1.165, 1.54) is 16.7 Å². The van der Waals surface area contributed by atoms with Crippen LogP contribution < -0.4 is 10.6 Å². The summed E-state index contributed by atoms with van der Waals surface area (Å²) < 4.78 is 0. The summed E-state index contributed by atoms with van der Waals surface area (Å²) in [5, 5.41) is 17.3. The average Bonchev–Trinajstić information content (AvgIpc) is 3.20. The zero-order chi connectivity index (χ0) is 25.2. The molecule has 0 aromatic heterocycles. The molecule has 3 aromatic carbocycles. The first-order chi connectivity index (χ1) is 17.4.